The van der Waals surface area contributed by atoms with Gasteiger partial charge >= 0.3 is 126 Å². The van der Waals surface area contributed by atoms with Crippen LogP contribution in [0.1, 0.15) is 0 Å². The van der Waals surface area contributed by atoms with E-state index in [0.29, 0.717) is 0 Å². The van der Waals surface area contributed by atoms with E-state index in [1.165, 1.54) is 0 Å². The van der Waals surface area contributed by atoms with E-state index < -0.39 is 7.82 Å². The van der Waals surface area contributed by atoms with E-state index in [2.05, 4.69) is 4.62 Å². The number of hydrogen-bond donors (Lipinski definition) is 4. The molecule has 0 aromatic carbocycles. The zero-order chi connectivity index (χ0) is 7.33. The zero-order valence-electron chi connectivity index (χ0n) is 5.03. The molecule has 0 spiro atoms. The molecule has 0 fully saturated rings. The number of nitrogens with two attached hydrogens (primary N) is 1. The van der Waals surface area contributed by atoms with Gasteiger partial charge in [0.25, 0.3) is 0 Å². The third-order valence-electron chi connectivity index (χ3n) is 0.430. The Hall–Kier alpha value is 4.55. The van der Waals surface area contributed by atoms with Crippen LogP contribution in [0.5, 0.6) is 0 Å². The summed E-state index contributed by atoms with van der Waals surface area (Å²) in [6.45, 7) is 0.477. The van der Waals surface area contributed by atoms with Gasteiger partial charge in [0.1, 0.15) is 0 Å². The molecule has 1 radical (unpaired) electrons. The molecule has 71 valence electrons. The van der Waals surface area contributed by atoms with Crippen molar-refractivity contribution in [3.63, 3.8) is 0 Å². The average molecular weight is 307 g/mol. The first-order valence-electron chi connectivity index (χ1n) is 2.23. The summed E-state index contributed by atoms with van der Waals surface area (Å²) >= 11 is 0. The summed E-state index contributed by atoms with van der Waals surface area (Å²) in [5, 5.41) is 0. The molecule has 0 aliphatic rings. The summed E-state index contributed by atoms with van der Waals surface area (Å²) in [5.41, 5.74) is 6.95. The Bertz CT molecular complexity index is 128. The van der Waals surface area contributed by atoms with Gasteiger partial charge in [-0.3, -0.25) is 0 Å². The number of hydrogen-bond acceptors (Lipinski definition) is 4. The van der Waals surface area contributed by atoms with E-state index in [9.17, 15) is 4.57 Å². The molecule has 0 atom stereocenters. The molecule has 0 amide bonds. The van der Waals surface area contributed by atoms with Crippen molar-refractivity contribution in [1.29, 1.82) is 0 Å². The van der Waals surface area contributed by atoms with Crippen LogP contribution in [0.3, 0.4) is 0 Å². The number of phosphoric acid groups is 1. The molecule has 0 rings (SSSR count). The van der Waals surface area contributed by atoms with E-state index in [1.54, 1.807) is 0 Å². The van der Waals surface area contributed by atoms with Gasteiger partial charge in [-0.25, -0.2) is 4.57 Å². The maximum atomic E-state index is 9.87. The van der Waals surface area contributed by atoms with Crippen LogP contribution in [0.25, 0.3) is 0 Å². The summed E-state index contributed by atoms with van der Waals surface area (Å²) in [5.74, 6) is 0. The van der Waals surface area contributed by atoms with Gasteiger partial charge in [-0.15, -0.1) is 0 Å². The number of nitrogens with one attached hydrogen (secondary N) is 1. The second kappa shape index (κ2) is 22.7. The van der Waals surface area contributed by atoms with Gasteiger partial charge in [0, 0.05) is 30.2 Å². The van der Waals surface area contributed by atoms with Crippen molar-refractivity contribution in [3.8, 4) is 0 Å². The van der Waals surface area contributed by atoms with Crippen LogP contribution in [-0.2, 0) is 26.3 Å². The standard InChI is InChI=1S/C2H9N2O4P.Mn.4Na.4H/c3-1-2-4-8-9(5,6)7;;;;;;;;;/h4H,1-3H2,(H2,5,6,7);;;;;;;;;. The van der Waals surface area contributed by atoms with Crippen LogP contribution < -0.4 is 11.2 Å². The van der Waals surface area contributed by atoms with Crippen molar-refractivity contribution in [2.24, 2.45) is 5.73 Å². The van der Waals surface area contributed by atoms with Crippen LogP contribution in [0.2, 0.25) is 0 Å². The molecule has 0 saturated carbocycles. The van der Waals surface area contributed by atoms with Crippen LogP contribution in [0, 0.1) is 0 Å². The summed E-state index contributed by atoms with van der Waals surface area (Å²) in [4.78, 5) is 16.1. The quantitative estimate of drug-likeness (QED) is 0.182. The SMILES string of the molecule is NCCNOP(=O)(O)O.[Mn].[NaH].[NaH].[NaH].[NaH]. The Morgan fingerprint density at radius 3 is 1.79 bits per heavy atom. The van der Waals surface area contributed by atoms with Gasteiger partial charge in [0.15, 0.2) is 0 Å². The fraction of sp³-hybridized carbons (Fsp3) is 1.00. The van der Waals surface area contributed by atoms with Crippen molar-refractivity contribution in [1.82, 2.24) is 5.48 Å². The van der Waals surface area contributed by atoms with Gasteiger partial charge in [0.05, 0.1) is 0 Å². The van der Waals surface area contributed by atoms with Gasteiger partial charge in [0.2, 0.25) is 0 Å². The summed E-state index contributed by atoms with van der Waals surface area (Å²) in [6, 6.07) is 0. The summed E-state index contributed by atoms with van der Waals surface area (Å²) in [6.07, 6.45) is 0. The van der Waals surface area contributed by atoms with E-state index in [-0.39, 0.29) is 148 Å². The van der Waals surface area contributed by atoms with Crippen LogP contribution in [0.4, 0.5) is 0 Å². The topological polar surface area (TPSA) is 105 Å². The van der Waals surface area contributed by atoms with Crippen LogP contribution >= 0.6 is 7.82 Å². The molecule has 5 N–H and O–H groups in total. The molecule has 0 heterocycles. The monoisotopic (exact) mass is 307 g/mol. The molecule has 0 unspecified atom stereocenters. The van der Waals surface area contributed by atoms with E-state index >= 15 is 0 Å². The molecule has 0 bridgehead atoms. The fourth-order valence-electron chi connectivity index (χ4n) is 0.189. The zero-order valence-corrected chi connectivity index (χ0v) is 7.10. The molecular formula is C2H13MnN2Na4O4P. The Labute approximate surface area is 182 Å². The van der Waals surface area contributed by atoms with Crippen molar-refractivity contribution in [2.45, 2.75) is 0 Å². The first-order valence-corrected chi connectivity index (χ1v) is 3.76. The number of hydroxylamine groups is 1. The van der Waals surface area contributed by atoms with Crippen LogP contribution in [-0.4, -0.2) is 141 Å². The number of rotatable bonds is 4. The predicted octanol–water partition coefficient (Wildman–Crippen LogP) is -4.04. The van der Waals surface area contributed by atoms with Gasteiger partial charge < -0.3 is 15.5 Å². The minimum absolute atomic E-state index is 0. The molecular weight excluding hydrogens is 294 g/mol. The Morgan fingerprint density at radius 1 is 1.21 bits per heavy atom. The average Bonchev–Trinajstić information content (AvgIpc) is 1.63. The third kappa shape index (κ3) is 36.0. The molecule has 6 nitrogen and oxygen atoms in total. The van der Waals surface area contributed by atoms with Crippen molar-refractivity contribution in [2.75, 3.05) is 13.1 Å². The van der Waals surface area contributed by atoms with Crippen molar-refractivity contribution >= 4 is 126 Å². The Balaban J connectivity index is -0.0000000320. The molecule has 0 saturated heterocycles. The van der Waals surface area contributed by atoms with E-state index in [1.807, 2.05) is 5.48 Å². The molecule has 0 aliphatic carbocycles. The normalized spacial score (nSPS) is 7.64. The Morgan fingerprint density at radius 2 is 1.57 bits per heavy atom. The van der Waals surface area contributed by atoms with Gasteiger partial charge in [-0.2, -0.15) is 10.1 Å². The summed E-state index contributed by atoms with van der Waals surface area (Å²) < 4.78 is 13.7. The predicted molar refractivity (Wildman–Crippen MR) is 58.8 cm³/mol. The first kappa shape index (κ1) is 36.3. The molecule has 0 aliphatic heterocycles. The second-order valence-electron chi connectivity index (χ2n) is 1.26. The molecule has 14 heavy (non-hydrogen) atoms. The molecule has 0 aromatic heterocycles. The van der Waals surface area contributed by atoms with E-state index in [4.69, 9.17) is 15.5 Å². The van der Waals surface area contributed by atoms with Gasteiger partial charge in [-0.05, 0) is 0 Å². The van der Waals surface area contributed by atoms with Crippen molar-refractivity contribution < 1.29 is 36.0 Å². The molecule has 0 aromatic rings. The van der Waals surface area contributed by atoms with Crippen LogP contribution in [0.15, 0.2) is 0 Å². The maximum absolute atomic E-state index is 9.87. The van der Waals surface area contributed by atoms with Crippen molar-refractivity contribution in [3.05, 3.63) is 0 Å². The first-order chi connectivity index (χ1) is 4.06. The second-order valence-corrected chi connectivity index (χ2v) is 2.43. The third-order valence-corrected chi connectivity index (χ3v) is 0.797. The van der Waals surface area contributed by atoms with Gasteiger partial charge in [-0.1, -0.05) is 0 Å². The fourth-order valence-corrected chi connectivity index (χ4v) is 0.448. The summed E-state index contributed by atoms with van der Waals surface area (Å²) in [7, 11) is -4.36. The molecule has 12 heteroatoms. The Kier molecular flexibility index (Phi) is 58.8. The van der Waals surface area contributed by atoms with E-state index in [0.717, 1.165) is 0 Å². The minimum atomic E-state index is -4.36.